The van der Waals surface area contributed by atoms with Gasteiger partial charge in [0.2, 0.25) is 0 Å². The maximum absolute atomic E-state index is 10.5. The fourth-order valence-electron chi connectivity index (χ4n) is 1.12. The van der Waals surface area contributed by atoms with Crippen molar-refractivity contribution in [2.75, 3.05) is 26.2 Å². The van der Waals surface area contributed by atoms with Gasteiger partial charge >= 0.3 is 5.97 Å². The van der Waals surface area contributed by atoms with Crippen LogP contribution in [0.15, 0.2) is 0 Å². The zero-order valence-corrected chi connectivity index (χ0v) is 7.21. The molecule has 5 heteroatoms. The van der Waals surface area contributed by atoms with Crippen LogP contribution >= 0.6 is 0 Å². The normalized spacial score (nSPS) is 22.1. The topological polar surface area (TPSA) is 64.6 Å². The Morgan fingerprint density at radius 2 is 2.17 bits per heavy atom. The lowest BCUT2D eigenvalue weighted by Crippen LogP contribution is -2.54. The highest BCUT2D eigenvalue weighted by molar-refractivity contribution is 5.72. The van der Waals surface area contributed by atoms with Crippen molar-refractivity contribution >= 4 is 5.97 Å². The van der Waals surface area contributed by atoms with Gasteiger partial charge < -0.3 is 10.4 Å². The lowest BCUT2D eigenvalue weighted by molar-refractivity contribution is -0.140. The van der Waals surface area contributed by atoms with E-state index >= 15 is 0 Å². The molecule has 1 heterocycles. The largest absolute Gasteiger partial charge is 0.480 e. The predicted molar refractivity (Wildman–Crippen MR) is 44.7 cm³/mol. The fourth-order valence-corrected chi connectivity index (χ4v) is 1.12. The summed E-state index contributed by atoms with van der Waals surface area (Å²) in [6.45, 7) is 5.19. The molecule has 1 atom stereocenters. The highest BCUT2D eigenvalue weighted by Crippen LogP contribution is 1.90. The summed E-state index contributed by atoms with van der Waals surface area (Å²) < 4.78 is 0. The number of aliphatic carboxylic acids is 1. The molecule has 0 aromatic heterocycles. The van der Waals surface area contributed by atoms with E-state index in [2.05, 4.69) is 10.7 Å². The number of nitrogens with one attached hydrogen (secondary N) is 2. The molecular formula is C7H15N3O2. The molecule has 0 radical (unpaired) electrons. The molecule has 12 heavy (non-hydrogen) atoms. The van der Waals surface area contributed by atoms with Crippen molar-refractivity contribution in [1.82, 2.24) is 15.8 Å². The molecule has 1 saturated heterocycles. The third-order valence-electron chi connectivity index (χ3n) is 1.86. The van der Waals surface area contributed by atoms with Crippen LogP contribution in [0.5, 0.6) is 0 Å². The Morgan fingerprint density at radius 1 is 1.58 bits per heavy atom. The van der Waals surface area contributed by atoms with E-state index in [1.54, 1.807) is 6.92 Å². The summed E-state index contributed by atoms with van der Waals surface area (Å²) in [6, 6.07) is -0.497. The first-order chi connectivity index (χ1) is 5.70. The van der Waals surface area contributed by atoms with Crippen molar-refractivity contribution in [2.45, 2.75) is 13.0 Å². The first-order valence-electron chi connectivity index (χ1n) is 4.15. The van der Waals surface area contributed by atoms with Gasteiger partial charge in [-0.05, 0) is 6.92 Å². The van der Waals surface area contributed by atoms with Crippen LogP contribution in [0.3, 0.4) is 0 Å². The lowest BCUT2D eigenvalue weighted by atomic mass is 10.3. The van der Waals surface area contributed by atoms with Crippen LogP contribution in [0.25, 0.3) is 0 Å². The number of nitrogens with zero attached hydrogens (tertiary/aromatic N) is 1. The van der Waals surface area contributed by atoms with E-state index in [1.165, 1.54) is 0 Å². The second-order valence-electron chi connectivity index (χ2n) is 2.93. The predicted octanol–water partition coefficient (Wildman–Crippen LogP) is -1.13. The van der Waals surface area contributed by atoms with Gasteiger partial charge in [-0.2, -0.15) is 0 Å². The van der Waals surface area contributed by atoms with Gasteiger partial charge in [-0.15, -0.1) is 0 Å². The molecule has 3 N–H and O–H groups in total. The molecule has 5 nitrogen and oxygen atoms in total. The Balaban J connectivity index is 2.24. The van der Waals surface area contributed by atoms with Crippen molar-refractivity contribution in [2.24, 2.45) is 0 Å². The van der Waals surface area contributed by atoms with Gasteiger partial charge in [0.25, 0.3) is 0 Å². The minimum atomic E-state index is -0.812. The highest BCUT2D eigenvalue weighted by atomic mass is 16.4. The van der Waals surface area contributed by atoms with E-state index in [-0.39, 0.29) is 0 Å². The SMILES string of the molecule is C[C@H](NN1CCNCC1)C(=O)O. The Bertz CT molecular complexity index is 157. The van der Waals surface area contributed by atoms with Crippen molar-refractivity contribution in [3.8, 4) is 0 Å². The van der Waals surface area contributed by atoms with Crippen molar-refractivity contribution in [3.63, 3.8) is 0 Å². The highest BCUT2D eigenvalue weighted by Gasteiger charge is 2.15. The maximum atomic E-state index is 10.5. The molecule has 1 aliphatic heterocycles. The van der Waals surface area contributed by atoms with E-state index < -0.39 is 12.0 Å². The van der Waals surface area contributed by atoms with Crippen LogP contribution < -0.4 is 10.7 Å². The molecular weight excluding hydrogens is 158 g/mol. The lowest BCUT2D eigenvalue weighted by Gasteiger charge is -2.29. The van der Waals surface area contributed by atoms with Gasteiger partial charge in [0.1, 0.15) is 6.04 Å². The van der Waals surface area contributed by atoms with Crippen molar-refractivity contribution < 1.29 is 9.90 Å². The average molecular weight is 173 g/mol. The van der Waals surface area contributed by atoms with Crippen LogP contribution in [0, 0.1) is 0 Å². The maximum Gasteiger partial charge on any atom is 0.321 e. The Kier molecular flexibility index (Phi) is 3.46. The smallest absolute Gasteiger partial charge is 0.321 e. The molecule has 0 saturated carbocycles. The minimum Gasteiger partial charge on any atom is -0.480 e. The minimum absolute atomic E-state index is 0.497. The molecule has 1 aliphatic rings. The summed E-state index contributed by atoms with van der Waals surface area (Å²) in [5.41, 5.74) is 2.91. The molecule has 0 amide bonds. The molecule has 1 fully saturated rings. The van der Waals surface area contributed by atoms with Crippen LogP contribution in [0.2, 0.25) is 0 Å². The molecule has 0 spiro atoms. The number of hydrazine groups is 1. The van der Waals surface area contributed by atoms with E-state index in [0.717, 1.165) is 26.2 Å². The van der Waals surface area contributed by atoms with E-state index in [1.807, 2.05) is 5.01 Å². The second kappa shape index (κ2) is 4.39. The Morgan fingerprint density at radius 3 is 2.67 bits per heavy atom. The van der Waals surface area contributed by atoms with Crippen LogP contribution in [-0.4, -0.2) is 48.3 Å². The number of hydrogen-bond acceptors (Lipinski definition) is 4. The first-order valence-corrected chi connectivity index (χ1v) is 4.15. The number of piperazine rings is 1. The fraction of sp³-hybridized carbons (Fsp3) is 0.857. The van der Waals surface area contributed by atoms with Crippen LogP contribution in [0.1, 0.15) is 6.92 Å². The van der Waals surface area contributed by atoms with Crippen LogP contribution in [0.4, 0.5) is 0 Å². The Labute approximate surface area is 71.7 Å². The van der Waals surface area contributed by atoms with Gasteiger partial charge in [0, 0.05) is 26.2 Å². The Hall–Kier alpha value is -0.650. The van der Waals surface area contributed by atoms with Crippen molar-refractivity contribution in [1.29, 1.82) is 0 Å². The van der Waals surface area contributed by atoms with E-state index in [4.69, 9.17) is 5.11 Å². The summed E-state index contributed by atoms with van der Waals surface area (Å²) in [5, 5.41) is 13.7. The molecule has 70 valence electrons. The molecule has 0 aromatic carbocycles. The third kappa shape index (κ3) is 2.77. The standard InChI is InChI=1S/C7H15N3O2/c1-6(7(11)12)9-10-4-2-8-3-5-10/h6,8-9H,2-5H2,1H3,(H,11,12)/t6-/m0/s1. The quantitative estimate of drug-likeness (QED) is 0.504. The summed E-state index contributed by atoms with van der Waals surface area (Å²) in [7, 11) is 0. The zero-order chi connectivity index (χ0) is 8.97. The number of carboxylic acids is 1. The molecule has 1 rings (SSSR count). The summed E-state index contributed by atoms with van der Waals surface area (Å²) in [6.07, 6.45) is 0. The number of carbonyl (C=O) groups is 1. The number of carboxylic acid groups (broad SMARTS) is 1. The first kappa shape index (κ1) is 9.44. The average Bonchev–Trinajstić information content (AvgIpc) is 2.06. The van der Waals surface area contributed by atoms with E-state index in [0.29, 0.717) is 0 Å². The van der Waals surface area contributed by atoms with Gasteiger partial charge in [-0.25, -0.2) is 10.4 Å². The summed E-state index contributed by atoms with van der Waals surface area (Å²) >= 11 is 0. The van der Waals surface area contributed by atoms with Gasteiger partial charge in [0.15, 0.2) is 0 Å². The molecule has 0 unspecified atom stereocenters. The van der Waals surface area contributed by atoms with Crippen LogP contribution in [-0.2, 0) is 4.79 Å². The van der Waals surface area contributed by atoms with Gasteiger partial charge in [-0.3, -0.25) is 4.79 Å². The summed E-state index contributed by atoms with van der Waals surface area (Å²) in [5.74, 6) is -0.812. The zero-order valence-electron chi connectivity index (χ0n) is 7.21. The van der Waals surface area contributed by atoms with Crippen molar-refractivity contribution in [3.05, 3.63) is 0 Å². The summed E-state index contributed by atoms with van der Waals surface area (Å²) in [4.78, 5) is 10.5. The molecule has 0 aliphatic carbocycles. The second-order valence-corrected chi connectivity index (χ2v) is 2.93. The monoisotopic (exact) mass is 173 g/mol. The molecule has 0 aromatic rings. The number of hydrogen-bond donors (Lipinski definition) is 3. The van der Waals surface area contributed by atoms with Gasteiger partial charge in [-0.1, -0.05) is 0 Å². The van der Waals surface area contributed by atoms with Gasteiger partial charge in [0.05, 0.1) is 0 Å². The molecule has 0 bridgehead atoms. The number of rotatable bonds is 3. The third-order valence-corrected chi connectivity index (χ3v) is 1.86. The van der Waals surface area contributed by atoms with E-state index in [9.17, 15) is 4.79 Å².